The summed E-state index contributed by atoms with van der Waals surface area (Å²) in [6, 6.07) is 4.86. The van der Waals surface area contributed by atoms with Gasteiger partial charge in [-0.1, -0.05) is 6.07 Å². The zero-order valence-corrected chi connectivity index (χ0v) is 16.0. The Morgan fingerprint density at radius 2 is 1.93 bits per heavy atom. The highest BCUT2D eigenvalue weighted by Gasteiger charge is 2.32. The molecular formula is C17H24N4O5S. The third-order valence-corrected chi connectivity index (χ3v) is 7.27. The van der Waals surface area contributed by atoms with Crippen molar-refractivity contribution >= 4 is 21.6 Å². The summed E-state index contributed by atoms with van der Waals surface area (Å²) in [5.41, 5.74) is -0.302. The lowest BCUT2D eigenvalue weighted by Crippen LogP contribution is -2.41. The maximum Gasteiger partial charge on any atom is 0.270 e. The number of amides is 1. The van der Waals surface area contributed by atoms with E-state index in [9.17, 15) is 23.3 Å². The van der Waals surface area contributed by atoms with Gasteiger partial charge in [-0.2, -0.15) is 4.31 Å². The van der Waals surface area contributed by atoms with Crippen LogP contribution in [0, 0.1) is 22.0 Å². The summed E-state index contributed by atoms with van der Waals surface area (Å²) >= 11 is 0. The maximum atomic E-state index is 12.7. The van der Waals surface area contributed by atoms with Crippen molar-refractivity contribution in [2.24, 2.45) is 11.8 Å². The van der Waals surface area contributed by atoms with Crippen molar-refractivity contribution < 1.29 is 18.1 Å². The zero-order valence-electron chi connectivity index (χ0n) is 15.2. The fourth-order valence-corrected chi connectivity index (χ4v) is 4.94. The van der Waals surface area contributed by atoms with Gasteiger partial charge in [0.15, 0.2) is 0 Å². The van der Waals surface area contributed by atoms with Crippen molar-refractivity contribution in [3.05, 3.63) is 34.4 Å². The summed E-state index contributed by atoms with van der Waals surface area (Å²) in [6.07, 6.45) is 1.84. The number of sulfonamides is 1. The van der Waals surface area contributed by atoms with Gasteiger partial charge in [-0.05, 0) is 43.8 Å². The smallest absolute Gasteiger partial charge is 0.270 e. The minimum atomic E-state index is -3.98. The summed E-state index contributed by atoms with van der Waals surface area (Å²) < 4.78 is 26.3. The molecule has 27 heavy (non-hydrogen) atoms. The molecular weight excluding hydrogens is 372 g/mol. The standard InChI is InChI=1S/C17H24N4O5S/c1-19(27(25,26)16-4-2-3-15(9-16)21(23)24)12-17(22)20-7-5-13-10-18-11-14(13)6-8-20/h2-4,9,13-14,18H,5-8,10-12H2,1H3/t13-,14+. The fraction of sp³-hybridized carbons (Fsp3) is 0.588. The molecule has 1 N–H and O–H groups in total. The molecule has 2 fully saturated rings. The second-order valence-electron chi connectivity index (χ2n) is 7.15. The lowest BCUT2D eigenvalue weighted by molar-refractivity contribution is -0.385. The van der Waals surface area contributed by atoms with Crippen molar-refractivity contribution in [2.45, 2.75) is 17.7 Å². The third-order valence-electron chi connectivity index (χ3n) is 5.47. The molecule has 1 aromatic rings. The van der Waals surface area contributed by atoms with E-state index in [-0.39, 0.29) is 23.0 Å². The minimum absolute atomic E-state index is 0.191. The van der Waals surface area contributed by atoms with Crippen LogP contribution in [0.15, 0.2) is 29.2 Å². The number of likely N-dealkylation sites (N-methyl/N-ethyl adjacent to an activating group) is 1. The molecule has 1 amide bonds. The van der Waals surface area contributed by atoms with E-state index in [2.05, 4.69) is 5.32 Å². The number of nitrogens with one attached hydrogen (secondary N) is 1. The number of likely N-dealkylation sites (tertiary alicyclic amines) is 1. The second-order valence-corrected chi connectivity index (χ2v) is 9.20. The van der Waals surface area contributed by atoms with E-state index in [1.54, 1.807) is 4.90 Å². The van der Waals surface area contributed by atoms with E-state index in [4.69, 9.17) is 0 Å². The minimum Gasteiger partial charge on any atom is -0.342 e. The van der Waals surface area contributed by atoms with Crippen LogP contribution in [0.3, 0.4) is 0 Å². The van der Waals surface area contributed by atoms with Crippen LogP contribution in [0.25, 0.3) is 0 Å². The molecule has 0 bridgehead atoms. The van der Waals surface area contributed by atoms with Crippen LogP contribution >= 0.6 is 0 Å². The molecule has 0 unspecified atom stereocenters. The van der Waals surface area contributed by atoms with Gasteiger partial charge in [0.1, 0.15) is 0 Å². The van der Waals surface area contributed by atoms with Crippen LogP contribution in [-0.2, 0) is 14.8 Å². The van der Waals surface area contributed by atoms with Crippen molar-refractivity contribution in [1.29, 1.82) is 0 Å². The number of hydrogen-bond acceptors (Lipinski definition) is 6. The first-order chi connectivity index (χ1) is 12.8. The number of fused-ring (bicyclic) bond motifs is 1. The van der Waals surface area contributed by atoms with Gasteiger partial charge < -0.3 is 10.2 Å². The van der Waals surface area contributed by atoms with Gasteiger partial charge >= 0.3 is 0 Å². The average Bonchev–Trinajstić information content (AvgIpc) is 2.99. The predicted octanol–water partition coefficient (Wildman–Crippen LogP) is 0.673. The first-order valence-electron chi connectivity index (χ1n) is 8.98. The van der Waals surface area contributed by atoms with Crippen LogP contribution < -0.4 is 5.32 Å². The van der Waals surface area contributed by atoms with E-state index in [1.807, 2.05) is 0 Å². The zero-order chi connectivity index (χ0) is 19.6. The van der Waals surface area contributed by atoms with Crippen molar-refractivity contribution in [2.75, 3.05) is 39.8 Å². The molecule has 148 valence electrons. The van der Waals surface area contributed by atoms with Gasteiger partial charge in [0, 0.05) is 32.3 Å². The SMILES string of the molecule is CN(CC(=O)N1CC[C@@H]2CNC[C@@H]2CC1)S(=O)(=O)c1cccc([N+](=O)[O-])c1. The first-order valence-corrected chi connectivity index (χ1v) is 10.4. The molecule has 0 aromatic heterocycles. The molecule has 2 aliphatic rings. The summed E-state index contributed by atoms with van der Waals surface area (Å²) in [6.45, 7) is 2.94. The molecule has 0 aliphatic carbocycles. The summed E-state index contributed by atoms with van der Waals surface area (Å²) in [4.78, 5) is 24.4. The van der Waals surface area contributed by atoms with Gasteiger partial charge in [0.05, 0.1) is 16.4 Å². The Kier molecular flexibility index (Phi) is 5.78. The highest BCUT2D eigenvalue weighted by molar-refractivity contribution is 7.89. The summed E-state index contributed by atoms with van der Waals surface area (Å²) in [5, 5.41) is 14.3. The number of nitro groups is 1. The monoisotopic (exact) mass is 396 g/mol. The van der Waals surface area contributed by atoms with Gasteiger partial charge in [0.2, 0.25) is 15.9 Å². The highest BCUT2D eigenvalue weighted by atomic mass is 32.2. The second kappa shape index (κ2) is 7.91. The first kappa shape index (κ1) is 19.7. The number of nitro benzene ring substituents is 1. The molecule has 2 heterocycles. The van der Waals surface area contributed by atoms with Crippen LogP contribution in [0.4, 0.5) is 5.69 Å². The predicted molar refractivity (Wildman–Crippen MR) is 98.6 cm³/mol. The van der Waals surface area contributed by atoms with Crippen molar-refractivity contribution in [1.82, 2.24) is 14.5 Å². The topological polar surface area (TPSA) is 113 Å². The molecule has 2 atom stereocenters. The maximum absolute atomic E-state index is 12.7. The molecule has 1 aromatic carbocycles. The van der Waals surface area contributed by atoms with Gasteiger partial charge in [-0.3, -0.25) is 14.9 Å². The largest absolute Gasteiger partial charge is 0.342 e. The Balaban J connectivity index is 1.66. The molecule has 9 nitrogen and oxygen atoms in total. The molecule has 0 radical (unpaired) electrons. The van der Waals surface area contributed by atoms with E-state index in [1.165, 1.54) is 25.2 Å². The van der Waals surface area contributed by atoms with Crippen LogP contribution in [-0.4, -0.2) is 68.2 Å². The molecule has 0 saturated carbocycles. The van der Waals surface area contributed by atoms with E-state index >= 15 is 0 Å². The number of non-ortho nitro benzene ring substituents is 1. The molecule has 2 aliphatic heterocycles. The highest BCUT2D eigenvalue weighted by Crippen LogP contribution is 2.27. The lowest BCUT2D eigenvalue weighted by Gasteiger charge is -2.24. The van der Waals surface area contributed by atoms with Crippen LogP contribution in [0.5, 0.6) is 0 Å². The van der Waals surface area contributed by atoms with E-state index in [0.717, 1.165) is 36.3 Å². The molecule has 2 saturated heterocycles. The summed E-state index contributed by atoms with van der Waals surface area (Å²) in [5.74, 6) is 0.919. The normalized spacial score (nSPS) is 23.1. The number of nitrogens with zero attached hydrogens (tertiary/aromatic N) is 3. The van der Waals surface area contributed by atoms with Crippen molar-refractivity contribution in [3.63, 3.8) is 0 Å². The number of carbonyl (C=O) groups excluding carboxylic acids is 1. The van der Waals surface area contributed by atoms with Crippen LogP contribution in [0.1, 0.15) is 12.8 Å². The number of hydrogen-bond donors (Lipinski definition) is 1. The lowest BCUT2D eigenvalue weighted by atomic mass is 9.92. The molecule has 0 spiro atoms. The quantitative estimate of drug-likeness (QED) is 0.578. The Morgan fingerprint density at radius 1 is 1.30 bits per heavy atom. The Hall–Kier alpha value is -2.04. The van der Waals surface area contributed by atoms with E-state index < -0.39 is 14.9 Å². The molecule has 3 rings (SSSR count). The third kappa shape index (κ3) is 4.28. The van der Waals surface area contributed by atoms with Gasteiger partial charge in [0.25, 0.3) is 5.69 Å². The van der Waals surface area contributed by atoms with Gasteiger partial charge in [-0.15, -0.1) is 0 Å². The number of benzene rings is 1. The number of rotatable bonds is 5. The summed E-state index contributed by atoms with van der Waals surface area (Å²) in [7, 11) is -2.66. The Bertz CT molecular complexity index is 814. The van der Waals surface area contributed by atoms with Gasteiger partial charge in [-0.25, -0.2) is 8.42 Å². The Morgan fingerprint density at radius 3 is 2.52 bits per heavy atom. The fourth-order valence-electron chi connectivity index (χ4n) is 3.78. The van der Waals surface area contributed by atoms with Crippen molar-refractivity contribution in [3.8, 4) is 0 Å². The average molecular weight is 396 g/mol. The number of carbonyl (C=O) groups is 1. The van der Waals surface area contributed by atoms with E-state index in [0.29, 0.717) is 24.9 Å². The Labute approximate surface area is 158 Å². The van der Waals surface area contributed by atoms with Crippen LogP contribution in [0.2, 0.25) is 0 Å². The molecule has 10 heteroatoms.